The molecule has 3 rings (SSSR count). The molecule has 1 N–H and O–H groups in total. The van der Waals surface area contributed by atoms with Crippen molar-refractivity contribution >= 4 is 11.6 Å². The molecule has 1 saturated carbocycles. The van der Waals surface area contributed by atoms with Crippen molar-refractivity contribution in [3.63, 3.8) is 0 Å². The highest BCUT2D eigenvalue weighted by atomic mass is 35.5. The molecule has 1 fully saturated rings. The van der Waals surface area contributed by atoms with Gasteiger partial charge in [-0.05, 0) is 49.6 Å². The second-order valence-electron chi connectivity index (χ2n) is 5.40. The number of hydrogen-bond donors (Lipinski definition) is 1. The SMILES string of the molecule is Cc1cc(Cl)ccc1Oc1c(F)cccc1CNC1CC1. The van der Waals surface area contributed by atoms with Crippen LogP contribution >= 0.6 is 11.6 Å². The van der Waals surface area contributed by atoms with Gasteiger partial charge in [0.25, 0.3) is 0 Å². The summed E-state index contributed by atoms with van der Waals surface area (Å²) in [5.41, 5.74) is 1.71. The first-order chi connectivity index (χ1) is 10.1. The average molecular weight is 306 g/mol. The summed E-state index contributed by atoms with van der Waals surface area (Å²) in [5, 5.41) is 4.02. The van der Waals surface area contributed by atoms with Crippen molar-refractivity contribution in [2.24, 2.45) is 0 Å². The maximum Gasteiger partial charge on any atom is 0.167 e. The Kier molecular flexibility index (Phi) is 4.13. The zero-order chi connectivity index (χ0) is 14.8. The number of para-hydroxylation sites is 1. The van der Waals surface area contributed by atoms with Crippen LogP contribution in [0.15, 0.2) is 36.4 Å². The predicted octanol–water partition coefficient (Wildman–Crippen LogP) is 4.83. The highest BCUT2D eigenvalue weighted by Crippen LogP contribution is 2.32. The number of nitrogens with one attached hydrogen (secondary N) is 1. The van der Waals surface area contributed by atoms with Gasteiger partial charge < -0.3 is 10.1 Å². The summed E-state index contributed by atoms with van der Waals surface area (Å²) in [6.45, 7) is 2.51. The van der Waals surface area contributed by atoms with Crippen molar-refractivity contribution < 1.29 is 9.13 Å². The Morgan fingerprint density at radius 3 is 2.81 bits per heavy atom. The molecule has 0 aromatic heterocycles. The lowest BCUT2D eigenvalue weighted by Crippen LogP contribution is -2.16. The van der Waals surface area contributed by atoms with Gasteiger partial charge in [0.2, 0.25) is 0 Å². The highest BCUT2D eigenvalue weighted by Gasteiger charge is 2.21. The third-order valence-corrected chi connectivity index (χ3v) is 3.79. The molecular weight excluding hydrogens is 289 g/mol. The molecule has 0 saturated heterocycles. The van der Waals surface area contributed by atoms with E-state index in [1.165, 1.54) is 18.9 Å². The number of rotatable bonds is 5. The molecule has 2 aromatic carbocycles. The fourth-order valence-electron chi connectivity index (χ4n) is 2.19. The normalized spacial score (nSPS) is 14.2. The van der Waals surface area contributed by atoms with Crippen molar-refractivity contribution in [2.75, 3.05) is 0 Å². The Hall–Kier alpha value is -1.58. The van der Waals surface area contributed by atoms with Crippen molar-refractivity contribution in [3.8, 4) is 11.5 Å². The third kappa shape index (κ3) is 3.55. The van der Waals surface area contributed by atoms with Crippen LogP contribution in [0.2, 0.25) is 5.02 Å². The van der Waals surface area contributed by atoms with Gasteiger partial charge in [-0.15, -0.1) is 0 Å². The first kappa shape index (κ1) is 14.4. The Balaban J connectivity index is 1.85. The van der Waals surface area contributed by atoms with Crippen LogP contribution in [-0.4, -0.2) is 6.04 Å². The van der Waals surface area contributed by atoms with E-state index in [2.05, 4.69) is 5.32 Å². The zero-order valence-corrected chi connectivity index (χ0v) is 12.6. The van der Waals surface area contributed by atoms with Crippen LogP contribution in [0.5, 0.6) is 11.5 Å². The van der Waals surface area contributed by atoms with E-state index in [-0.39, 0.29) is 11.6 Å². The van der Waals surface area contributed by atoms with Crippen LogP contribution in [-0.2, 0) is 6.54 Å². The second-order valence-corrected chi connectivity index (χ2v) is 5.83. The van der Waals surface area contributed by atoms with Crippen LogP contribution < -0.4 is 10.1 Å². The molecule has 0 radical (unpaired) electrons. The lowest BCUT2D eigenvalue weighted by Gasteiger charge is -2.14. The standard InChI is InChI=1S/C17H17ClFNO/c1-11-9-13(18)5-8-16(11)21-17-12(3-2-4-15(17)19)10-20-14-6-7-14/h2-5,8-9,14,20H,6-7,10H2,1H3. The molecule has 0 unspecified atom stereocenters. The lowest BCUT2D eigenvalue weighted by molar-refractivity contribution is 0.431. The van der Waals surface area contributed by atoms with Crippen LogP contribution in [0.1, 0.15) is 24.0 Å². The zero-order valence-electron chi connectivity index (χ0n) is 11.8. The first-order valence-electron chi connectivity index (χ1n) is 7.08. The Bertz CT molecular complexity index is 655. The summed E-state index contributed by atoms with van der Waals surface area (Å²) in [6, 6.07) is 10.9. The molecule has 0 atom stereocenters. The number of hydrogen-bond acceptors (Lipinski definition) is 2. The van der Waals surface area contributed by atoms with Crippen molar-refractivity contribution in [3.05, 3.63) is 58.4 Å². The lowest BCUT2D eigenvalue weighted by atomic mass is 10.1. The molecule has 2 nitrogen and oxygen atoms in total. The molecule has 4 heteroatoms. The van der Waals surface area contributed by atoms with Crippen LogP contribution in [0.3, 0.4) is 0 Å². The Morgan fingerprint density at radius 1 is 1.29 bits per heavy atom. The van der Waals surface area contributed by atoms with Gasteiger partial charge >= 0.3 is 0 Å². The van der Waals surface area contributed by atoms with Gasteiger partial charge in [-0.1, -0.05) is 23.7 Å². The van der Waals surface area contributed by atoms with Crippen molar-refractivity contribution in [1.29, 1.82) is 0 Å². The summed E-state index contributed by atoms with van der Waals surface area (Å²) in [6.07, 6.45) is 2.39. The molecule has 0 spiro atoms. The average Bonchev–Trinajstić information content (AvgIpc) is 3.26. The topological polar surface area (TPSA) is 21.3 Å². The van der Waals surface area contributed by atoms with Crippen molar-refractivity contribution in [1.82, 2.24) is 5.32 Å². The molecule has 2 aromatic rings. The van der Waals surface area contributed by atoms with Gasteiger partial charge in [-0.3, -0.25) is 0 Å². The van der Waals surface area contributed by atoms with Crippen LogP contribution in [0, 0.1) is 12.7 Å². The maximum atomic E-state index is 14.1. The van der Waals surface area contributed by atoms with E-state index < -0.39 is 0 Å². The van der Waals surface area contributed by atoms with E-state index in [4.69, 9.17) is 16.3 Å². The minimum Gasteiger partial charge on any atom is -0.454 e. The first-order valence-corrected chi connectivity index (χ1v) is 7.46. The van der Waals surface area contributed by atoms with Gasteiger partial charge in [0.1, 0.15) is 5.75 Å². The molecular formula is C17H17ClFNO. The number of benzene rings is 2. The molecule has 1 aliphatic carbocycles. The minimum atomic E-state index is -0.348. The molecule has 0 aliphatic heterocycles. The molecule has 0 bridgehead atoms. The van der Waals surface area contributed by atoms with E-state index in [9.17, 15) is 4.39 Å². The maximum absolute atomic E-state index is 14.1. The Labute approximate surface area is 128 Å². The smallest absolute Gasteiger partial charge is 0.167 e. The van der Waals surface area contributed by atoms with Gasteiger partial charge in [0.15, 0.2) is 11.6 Å². The van der Waals surface area contributed by atoms with Gasteiger partial charge in [0, 0.05) is 23.2 Å². The summed E-state index contributed by atoms with van der Waals surface area (Å²) >= 11 is 5.93. The molecule has 0 heterocycles. The largest absolute Gasteiger partial charge is 0.454 e. The van der Waals surface area contributed by atoms with E-state index in [0.717, 1.165) is 11.1 Å². The summed E-state index contributed by atoms with van der Waals surface area (Å²) < 4.78 is 19.9. The van der Waals surface area contributed by atoms with E-state index in [1.807, 2.05) is 13.0 Å². The van der Waals surface area contributed by atoms with E-state index in [1.54, 1.807) is 24.3 Å². The summed E-state index contributed by atoms with van der Waals surface area (Å²) in [4.78, 5) is 0. The Morgan fingerprint density at radius 2 is 2.10 bits per heavy atom. The predicted molar refractivity (Wildman–Crippen MR) is 82.5 cm³/mol. The quantitative estimate of drug-likeness (QED) is 0.854. The fraction of sp³-hybridized carbons (Fsp3) is 0.294. The number of ether oxygens (including phenoxy) is 1. The molecule has 0 amide bonds. The fourth-order valence-corrected chi connectivity index (χ4v) is 2.41. The molecule has 1 aliphatic rings. The highest BCUT2D eigenvalue weighted by molar-refractivity contribution is 6.30. The number of aryl methyl sites for hydroxylation is 1. The van der Waals surface area contributed by atoms with E-state index >= 15 is 0 Å². The number of halogens is 2. The van der Waals surface area contributed by atoms with E-state index in [0.29, 0.717) is 23.4 Å². The van der Waals surface area contributed by atoms with Gasteiger partial charge in [-0.2, -0.15) is 0 Å². The second kappa shape index (κ2) is 6.04. The third-order valence-electron chi connectivity index (χ3n) is 3.56. The summed E-state index contributed by atoms with van der Waals surface area (Å²) in [5.74, 6) is 0.563. The van der Waals surface area contributed by atoms with Crippen molar-refractivity contribution in [2.45, 2.75) is 32.4 Å². The molecule has 110 valence electrons. The van der Waals surface area contributed by atoms with Crippen LogP contribution in [0.4, 0.5) is 4.39 Å². The van der Waals surface area contributed by atoms with Gasteiger partial charge in [-0.25, -0.2) is 4.39 Å². The van der Waals surface area contributed by atoms with Gasteiger partial charge in [0.05, 0.1) is 0 Å². The molecule has 21 heavy (non-hydrogen) atoms. The van der Waals surface area contributed by atoms with Crippen LogP contribution in [0.25, 0.3) is 0 Å². The monoisotopic (exact) mass is 305 g/mol. The minimum absolute atomic E-state index is 0.288. The summed E-state index contributed by atoms with van der Waals surface area (Å²) in [7, 11) is 0.